The molecule has 0 spiro atoms. The second-order valence-electron chi connectivity index (χ2n) is 10.4. The fourth-order valence-corrected chi connectivity index (χ4v) is 6.53. The highest BCUT2D eigenvalue weighted by Gasteiger charge is 2.42. The SMILES string of the molecule is Cc1cc(C2C(c3ccccn3)NC(=S)N2c2ccc(N3CC(C)CC(C)C3)c(Cl)c2)c(C)n1C. The second kappa shape index (κ2) is 9.47. The summed E-state index contributed by atoms with van der Waals surface area (Å²) in [7, 11) is 2.11. The number of nitrogens with one attached hydrogen (secondary N) is 1. The van der Waals surface area contributed by atoms with Gasteiger partial charge in [0.25, 0.3) is 0 Å². The zero-order valence-corrected chi connectivity index (χ0v) is 22.7. The summed E-state index contributed by atoms with van der Waals surface area (Å²) in [6.45, 7) is 11.0. The van der Waals surface area contributed by atoms with Crippen molar-refractivity contribution >= 4 is 40.3 Å². The molecule has 2 aromatic heterocycles. The van der Waals surface area contributed by atoms with Crippen LogP contribution < -0.4 is 15.1 Å². The minimum atomic E-state index is -0.0635. The summed E-state index contributed by atoms with van der Waals surface area (Å²) in [4.78, 5) is 9.33. The van der Waals surface area contributed by atoms with Crippen LogP contribution in [0.3, 0.4) is 0 Å². The first-order chi connectivity index (χ1) is 16.7. The Balaban J connectivity index is 1.56. The Hall–Kier alpha value is -2.57. The van der Waals surface area contributed by atoms with E-state index in [-0.39, 0.29) is 12.1 Å². The molecule has 35 heavy (non-hydrogen) atoms. The molecule has 4 unspecified atom stereocenters. The summed E-state index contributed by atoms with van der Waals surface area (Å²) >= 11 is 12.9. The molecule has 1 N–H and O–H groups in total. The maximum absolute atomic E-state index is 6.94. The lowest BCUT2D eigenvalue weighted by Crippen LogP contribution is -2.38. The number of piperidine rings is 1. The monoisotopic (exact) mass is 507 g/mol. The molecular formula is C28H34ClN5S. The maximum atomic E-state index is 6.94. The molecule has 4 atom stereocenters. The lowest BCUT2D eigenvalue weighted by Gasteiger charge is -2.37. The number of anilines is 2. The van der Waals surface area contributed by atoms with E-state index in [4.69, 9.17) is 23.8 Å². The summed E-state index contributed by atoms with van der Waals surface area (Å²) in [5.41, 5.74) is 6.77. The standard InChI is InChI=1S/C28H34ClN5S/c1-17-12-18(2)16-33(15-17)25-10-9-21(14-23(25)29)34-27(22-13-19(3)32(5)20(22)4)26(31-28(34)35)24-8-6-7-11-30-24/h6-11,13-14,17-18,26-27H,12,15-16H2,1-5H3,(H,31,35). The van der Waals surface area contributed by atoms with Crippen molar-refractivity contribution in [2.75, 3.05) is 22.9 Å². The minimum absolute atomic E-state index is 0.0331. The molecule has 2 saturated heterocycles. The molecule has 1 aromatic carbocycles. The lowest BCUT2D eigenvalue weighted by atomic mass is 9.91. The van der Waals surface area contributed by atoms with Gasteiger partial charge in [-0.2, -0.15) is 0 Å². The number of rotatable bonds is 4. The quantitative estimate of drug-likeness (QED) is 0.416. The summed E-state index contributed by atoms with van der Waals surface area (Å²) in [5.74, 6) is 1.33. The van der Waals surface area contributed by atoms with Crippen LogP contribution in [0.25, 0.3) is 0 Å². The van der Waals surface area contributed by atoms with Crippen molar-refractivity contribution in [3.05, 3.63) is 76.3 Å². The number of aryl methyl sites for hydroxylation is 1. The van der Waals surface area contributed by atoms with Gasteiger partial charge in [-0.3, -0.25) is 4.98 Å². The largest absolute Gasteiger partial charge is 0.370 e. The number of nitrogens with zero attached hydrogens (tertiary/aromatic N) is 4. The molecule has 0 saturated carbocycles. The first-order valence-corrected chi connectivity index (χ1v) is 13.2. The molecule has 4 heterocycles. The van der Waals surface area contributed by atoms with Crippen molar-refractivity contribution in [3.8, 4) is 0 Å². The van der Waals surface area contributed by atoms with Crippen LogP contribution in [0, 0.1) is 25.7 Å². The first kappa shape index (κ1) is 24.1. The molecule has 2 fully saturated rings. The van der Waals surface area contributed by atoms with Gasteiger partial charge in [0, 0.05) is 43.4 Å². The van der Waals surface area contributed by atoms with E-state index in [1.54, 1.807) is 0 Å². The fourth-order valence-electron chi connectivity index (χ4n) is 5.89. The number of thiocarbonyl (C=S) groups is 1. The minimum Gasteiger partial charge on any atom is -0.370 e. The topological polar surface area (TPSA) is 36.3 Å². The number of pyridine rings is 1. The van der Waals surface area contributed by atoms with Crippen LogP contribution in [0.4, 0.5) is 11.4 Å². The fraction of sp³-hybridized carbons (Fsp3) is 0.429. The average Bonchev–Trinajstić information content (AvgIpc) is 3.29. The highest BCUT2D eigenvalue weighted by Crippen LogP contribution is 2.44. The highest BCUT2D eigenvalue weighted by molar-refractivity contribution is 7.80. The van der Waals surface area contributed by atoms with Gasteiger partial charge in [0.1, 0.15) is 0 Å². The molecule has 3 aromatic rings. The Bertz CT molecular complexity index is 1230. The Morgan fingerprint density at radius 3 is 2.40 bits per heavy atom. The van der Waals surface area contributed by atoms with E-state index in [0.717, 1.165) is 35.2 Å². The third kappa shape index (κ3) is 4.43. The van der Waals surface area contributed by atoms with Gasteiger partial charge in [-0.05, 0) is 86.3 Å². The van der Waals surface area contributed by atoms with Crippen LogP contribution in [-0.4, -0.2) is 27.8 Å². The Labute approximate surface area is 219 Å². The van der Waals surface area contributed by atoms with Gasteiger partial charge in [0.05, 0.1) is 28.5 Å². The van der Waals surface area contributed by atoms with Crippen molar-refractivity contribution in [1.29, 1.82) is 0 Å². The molecule has 7 heteroatoms. The average molecular weight is 508 g/mol. The molecule has 0 radical (unpaired) electrons. The number of hydrogen-bond acceptors (Lipinski definition) is 3. The highest BCUT2D eigenvalue weighted by atomic mass is 35.5. The van der Waals surface area contributed by atoms with Crippen LogP contribution >= 0.6 is 23.8 Å². The summed E-state index contributed by atoms with van der Waals surface area (Å²) in [6, 6.07) is 14.6. The van der Waals surface area contributed by atoms with Gasteiger partial charge in [-0.25, -0.2) is 0 Å². The number of aromatic nitrogens is 2. The molecule has 0 bridgehead atoms. The molecule has 184 valence electrons. The molecule has 0 amide bonds. The smallest absolute Gasteiger partial charge is 0.174 e. The van der Waals surface area contributed by atoms with E-state index in [9.17, 15) is 0 Å². The van der Waals surface area contributed by atoms with Gasteiger partial charge < -0.3 is 19.7 Å². The van der Waals surface area contributed by atoms with Crippen LogP contribution in [0.5, 0.6) is 0 Å². The molecule has 0 aliphatic carbocycles. The second-order valence-corrected chi connectivity index (χ2v) is 11.2. The molecule has 2 aliphatic rings. The van der Waals surface area contributed by atoms with E-state index < -0.39 is 0 Å². The van der Waals surface area contributed by atoms with E-state index in [2.05, 4.69) is 89.7 Å². The predicted molar refractivity (Wildman–Crippen MR) is 149 cm³/mol. The van der Waals surface area contributed by atoms with E-state index >= 15 is 0 Å². The zero-order chi connectivity index (χ0) is 24.9. The molecule has 5 rings (SSSR count). The number of hydrogen-bond donors (Lipinski definition) is 1. The van der Waals surface area contributed by atoms with Crippen LogP contribution in [0.2, 0.25) is 5.02 Å². The third-order valence-electron chi connectivity index (χ3n) is 7.65. The predicted octanol–water partition coefficient (Wildman–Crippen LogP) is 6.35. The van der Waals surface area contributed by atoms with Crippen molar-refractivity contribution in [1.82, 2.24) is 14.9 Å². The van der Waals surface area contributed by atoms with Crippen molar-refractivity contribution in [2.24, 2.45) is 18.9 Å². The Morgan fingerprint density at radius 1 is 1.06 bits per heavy atom. The van der Waals surface area contributed by atoms with Gasteiger partial charge in [0.2, 0.25) is 0 Å². The van der Waals surface area contributed by atoms with Gasteiger partial charge in [-0.15, -0.1) is 0 Å². The Morgan fingerprint density at radius 2 is 1.80 bits per heavy atom. The van der Waals surface area contributed by atoms with Crippen molar-refractivity contribution in [2.45, 2.75) is 46.2 Å². The van der Waals surface area contributed by atoms with Crippen LogP contribution in [-0.2, 0) is 7.05 Å². The molecular weight excluding hydrogens is 474 g/mol. The zero-order valence-electron chi connectivity index (χ0n) is 21.1. The lowest BCUT2D eigenvalue weighted by molar-refractivity contribution is 0.357. The first-order valence-electron chi connectivity index (χ1n) is 12.4. The number of benzene rings is 1. The molecule has 5 nitrogen and oxygen atoms in total. The van der Waals surface area contributed by atoms with Crippen LogP contribution in [0.1, 0.15) is 55.0 Å². The normalized spacial score (nSPS) is 24.7. The van der Waals surface area contributed by atoms with Gasteiger partial charge in [0.15, 0.2) is 5.11 Å². The van der Waals surface area contributed by atoms with E-state index in [1.165, 1.54) is 23.4 Å². The Kier molecular flexibility index (Phi) is 6.53. The molecule has 2 aliphatic heterocycles. The summed E-state index contributed by atoms with van der Waals surface area (Å²) in [6.07, 6.45) is 3.11. The number of halogens is 1. The van der Waals surface area contributed by atoms with Gasteiger partial charge >= 0.3 is 0 Å². The summed E-state index contributed by atoms with van der Waals surface area (Å²) < 4.78 is 2.24. The summed E-state index contributed by atoms with van der Waals surface area (Å²) in [5, 5.41) is 5.03. The van der Waals surface area contributed by atoms with E-state index in [1.807, 2.05) is 18.3 Å². The maximum Gasteiger partial charge on any atom is 0.174 e. The van der Waals surface area contributed by atoms with E-state index in [0.29, 0.717) is 16.9 Å². The van der Waals surface area contributed by atoms with Crippen molar-refractivity contribution < 1.29 is 0 Å². The third-order valence-corrected chi connectivity index (χ3v) is 8.27. The van der Waals surface area contributed by atoms with Gasteiger partial charge in [-0.1, -0.05) is 31.5 Å². The van der Waals surface area contributed by atoms with Crippen LogP contribution in [0.15, 0.2) is 48.7 Å². The van der Waals surface area contributed by atoms with Crippen molar-refractivity contribution in [3.63, 3.8) is 0 Å².